The first-order valence-electron chi connectivity index (χ1n) is 9.90. The molecule has 148 valence electrons. The van der Waals surface area contributed by atoms with Gasteiger partial charge in [-0.2, -0.15) is 4.98 Å². The van der Waals surface area contributed by atoms with E-state index >= 15 is 0 Å². The van der Waals surface area contributed by atoms with Gasteiger partial charge in [-0.05, 0) is 43.2 Å². The smallest absolute Gasteiger partial charge is 0.256 e. The SMILES string of the molecule is Nc1cccc(C(=O)Nc2cc(-c3cccnc3)nc(NC3CCCCC3)n2)c1. The van der Waals surface area contributed by atoms with Crippen molar-refractivity contribution in [2.24, 2.45) is 0 Å². The van der Waals surface area contributed by atoms with Gasteiger partial charge in [0.25, 0.3) is 5.91 Å². The van der Waals surface area contributed by atoms with Crippen LogP contribution in [0.3, 0.4) is 0 Å². The van der Waals surface area contributed by atoms with Crippen LogP contribution in [-0.4, -0.2) is 26.9 Å². The number of benzene rings is 1. The summed E-state index contributed by atoms with van der Waals surface area (Å²) in [4.78, 5) is 26.0. The molecule has 1 fully saturated rings. The summed E-state index contributed by atoms with van der Waals surface area (Å²) in [6.45, 7) is 0. The molecule has 1 amide bonds. The van der Waals surface area contributed by atoms with Gasteiger partial charge in [-0.1, -0.05) is 25.3 Å². The average Bonchev–Trinajstić information content (AvgIpc) is 2.75. The maximum atomic E-state index is 12.7. The highest BCUT2D eigenvalue weighted by atomic mass is 16.1. The fourth-order valence-corrected chi connectivity index (χ4v) is 3.54. The molecule has 4 N–H and O–H groups in total. The lowest BCUT2D eigenvalue weighted by Gasteiger charge is -2.23. The number of rotatable bonds is 5. The van der Waals surface area contributed by atoms with Gasteiger partial charge < -0.3 is 16.4 Å². The third-order valence-corrected chi connectivity index (χ3v) is 5.01. The monoisotopic (exact) mass is 388 g/mol. The summed E-state index contributed by atoms with van der Waals surface area (Å²) in [5.41, 5.74) is 8.38. The van der Waals surface area contributed by atoms with E-state index in [0.29, 0.717) is 34.8 Å². The van der Waals surface area contributed by atoms with Gasteiger partial charge in [0.1, 0.15) is 5.82 Å². The van der Waals surface area contributed by atoms with Crippen LogP contribution in [0.5, 0.6) is 0 Å². The van der Waals surface area contributed by atoms with E-state index in [2.05, 4.69) is 25.6 Å². The Labute approximate surface area is 169 Å². The molecule has 0 saturated heterocycles. The molecule has 0 aliphatic heterocycles. The number of carbonyl (C=O) groups is 1. The van der Waals surface area contributed by atoms with E-state index in [4.69, 9.17) is 5.73 Å². The van der Waals surface area contributed by atoms with Crippen molar-refractivity contribution in [2.75, 3.05) is 16.4 Å². The van der Waals surface area contributed by atoms with E-state index in [0.717, 1.165) is 18.4 Å². The Hall–Kier alpha value is -3.48. The van der Waals surface area contributed by atoms with E-state index in [1.165, 1.54) is 19.3 Å². The van der Waals surface area contributed by atoms with Gasteiger partial charge in [-0.15, -0.1) is 0 Å². The number of nitrogen functional groups attached to an aromatic ring is 1. The van der Waals surface area contributed by atoms with E-state index in [9.17, 15) is 4.79 Å². The Morgan fingerprint density at radius 3 is 2.66 bits per heavy atom. The highest BCUT2D eigenvalue weighted by Gasteiger charge is 2.16. The Morgan fingerprint density at radius 2 is 1.90 bits per heavy atom. The van der Waals surface area contributed by atoms with Crippen LogP contribution in [0, 0.1) is 0 Å². The molecule has 1 saturated carbocycles. The summed E-state index contributed by atoms with van der Waals surface area (Å²) >= 11 is 0. The number of hydrogen-bond donors (Lipinski definition) is 3. The lowest BCUT2D eigenvalue weighted by Crippen LogP contribution is -2.24. The van der Waals surface area contributed by atoms with Crippen LogP contribution < -0.4 is 16.4 Å². The number of nitrogens with zero attached hydrogens (tertiary/aromatic N) is 3. The van der Waals surface area contributed by atoms with Gasteiger partial charge >= 0.3 is 0 Å². The molecule has 2 heterocycles. The number of nitrogens with two attached hydrogens (primary N) is 1. The largest absolute Gasteiger partial charge is 0.399 e. The maximum Gasteiger partial charge on any atom is 0.256 e. The standard InChI is InChI=1S/C22H24N6O/c23-17-8-4-6-15(12-17)21(29)27-20-13-19(16-7-5-11-24-14-16)26-22(28-20)25-18-9-2-1-3-10-18/h4-8,11-14,18H,1-3,9-10,23H2,(H2,25,26,27,28,29). The molecule has 0 unspecified atom stereocenters. The molecule has 7 heteroatoms. The van der Waals surface area contributed by atoms with Gasteiger partial charge in [0.05, 0.1) is 5.69 Å². The van der Waals surface area contributed by atoms with Crippen molar-refractivity contribution in [3.05, 3.63) is 60.4 Å². The zero-order valence-corrected chi connectivity index (χ0v) is 16.1. The first kappa shape index (κ1) is 18.9. The predicted octanol–water partition coefficient (Wildman–Crippen LogP) is 4.12. The number of pyridine rings is 1. The fourth-order valence-electron chi connectivity index (χ4n) is 3.54. The second kappa shape index (κ2) is 8.68. The molecule has 0 bridgehead atoms. The van der Waals surface area contributed by atoms with E-state index in [-0.39, 0.29) is 5.91 Å². The predicted molar refractivity (Wildman–Crippen MR) is 115 cm³/mol. The third-order valence-electron chi connectivity index (χ3n) is 5.01. The number of hydrogen-bond acceptors (Lipinski definition) is 6. The van der Waals surface area contributed by atoms with Crippen molar-refractivity contribution in [3.8, 4) is 11.3 Å². The summed E-state index contributed by atoms with van der Waals surface area (Å²) in [5, 5.41) is 6.31. The summed E-state index contributed by atoms with van der Waals surface area (Å²) in [7, 11) is 0. The number of anilines is 3. The molecular weight excluding hydrogens is 364 g/mol. The van der Waals surface area contributed by atoms with E-state index in [1.54, 1.807) is 42.7 Å². The second-order valence-corrected chi connectivity index (χ2v) is 7.26. The van der Waals surface area contributed by atoms with Crippen molar-refractivity contribution in [1.29, 1.82) is 0 Å². The van der Waals surface area contributed by atoms with E-state index in [1.807, 2.05) is 12.1 Å². The summed E-state index contributed by atoms with van der Waals surface area (Å²) in [6, 6.07) is 12.8. The van der Waals surface area contributed by atoms with E-state index < -0.39 is 0 Å². The van der Waals surface area contributed by atoms with Gasteiger partial charge in [0.15, 0.2) is 0 Å². The van der Waals surface area contributed by atoms with Gasteiger partial charge in [-0.3, -0.25) is 9.78 Å². The Bertz CT molecular complexity index is 986. The average molecular weight is 388 g/mol. The Morgan fingerprint density at radius 1 is 1.03 bits per heavy atom. The minimum atomic E-state index is -0.267. The molecule has 0 radical (unpaired) electrons. The van der Waals surface area contributed by atoms with Gasteiger partial charge in [0.2, 0.25) is 5.95 Å². The van der Waals surface area contributed by atoms with Crippen LogP contribution in [0.25, 0.3) is 11.3 Å². The van der Waals surface area contributed by atoms with Crippen LogP contribution in [0.15, 0.2) is 54.9 Å². The minimum absolute atomic E-state index is 0.267. The molecule has 7 nitrogen and oxygen atoms in total. The first-order chi connectivity index (χ1) is 14.2. The maximum absolute atomic E-state index is 12.7. The molecule has 0 atom stereocenters. The fraction of sp³-hybridized carbons (Fsp3) is 0.273. The molecule has 1 aliphatic rings. The zero-order valence-electron chi connectivity index (χ0n) is 16.1. The lowest BCUT2D eigenvalue weighted by molar-refractivity contribution is 0.102. The number of amides is 1. The van der Waals surface area contributed by atoms with Crippen LogP contribution >= 0.6 is 0 Å². The zero-order chi connectivity index (χ0) is 20.1. The number of carbonyl (C=O) groups excluding carboxylic acids is 1. The van der Waals surface area contributed by atoms with Crippen molar-refractivity contribution in [1.82, 2.24) is 15.0 Å². The summed E-state index contributed by atoms with van der Waals surface area (Å²) < 4.78 is 0. The van der Waals surface area contributed by atoms with Crippen LogP contribution in [0.2, 0.25) is 0 Å². The number of nitrogens with one attached hydrogen (secondary N) is 2. The molecular formula is C22H24N6O. The molecule has 3 aromatic rings. The minimum Gasteiger partial charge on any atom is -0.399 e. The van der Waals surface area contributed by atoms with Crippen molar-refractivity contribution in [3.63, 3.8) is 0 Å². The topological polar surface area (TPSA) is 106 Å². The highest BCUT2D eigenvalue weighted by Crippen LogP contribution is 2.24. The molecule has 29 heavy (non-hydrogen) atoms. The molecule has 1 aromatic carbocycles. The normalized spacial score (nSPS) is 14.3. The Kier molecular flexibility index (Phi) is 5.65. The lowest BCUT2D eigenvalue weighted by atomic mass is 9.96. The van der Waals surface area contributed by atoms with Crippen molar-refractivity contribution >= 4 is 23.4 Å². The summed E-state index contributed by atoms with van der Waals surface area (Å²) in [5.74, 6) is 0.683. The van der Waals surface area contributed by atoms with Gasteiger partial charge in [0, 0.05) is 41.3 Å². The second-order valence-electron chi connectivity index (χ2n) is 7.26. The first-order valence-corrected chi connectivity index (χ1v) is 9.90. The quantitative estimate of drug-likeness (QED) is 0.568. The molecule has 1 aliphatic carbocycles. The third kappa shape index (κ3) is 4.87. The van der Waals surface area contributed by atoms with Crippen LogP contribution in [0.1, 0.15) is 42.5 Å². The van der Waals surface area contributed by atoms with Crippen LogP contribution in [0.4, 0.5) is 17.5 Å². The Balaban J connectivity index is 1.62. The number of aromatic nitrogens is 3. The van der Waals surface area contributed by atoms with Crippen molar-refractivity contribution < 1.29 is 4.79 Å². The van der Waals surface area contributed by atoms with Crippen molar-refractivity contribution in [2.45, 2.75) is 38.1 Å². The van der Waals surface area contributed by atoms with Gasteiger partial charge in [-0.25, -0.2) is 4.98 Å². The van der Waals surface area contributed by atoms with Crippen LogP contribution in [-0.2, 0) is 0 Å². The highest BCUT2D eigenvalue weighted by molar-refractivity contribution is 6.04. The summed E-state index contributed by atoms with van der Waals surface area (Å²) in [6.07, 6.45) is 9.36. The molecule has 0 spiro atoms. The molecule has 2 aromatic heterocycles. The molecule has 4 rings (SSSR count).